The molecule has 2 aliphatic rings. The standard InChI is InChI=1S/C17H21NO4/c1-10-6-7-12(9-15(10)19)16(20)18-13-5-3-2-4-11(13)8-14(18)17(21)22/h6-7,9,11,13-14,19H,2-5,8H2,1H3,(H,21,22). The molecule has 1 aromatic carbocycles. The number of carbonyl (C=O) groups is 2. The Morgan fingerprint density at radius 1 is 1.23 bits per heavy atom. The average Bonchev–Trinajstić information content (AvgIpc) is 2.89. The van der Waals surface area contributed by atoms with Crippen LogP contribution in [0.3, 0.4) is 0 Å². The van der Waals surface area contributed by atoms with Crippen molar-refractivity contribution in [3.8, 4) is 5.75 Å². The van der Waals surface area contributed by atoms with Gasteiger partial charge in [0, 0.05) is 11.6 Å². The van der Waals surface area contributed by atoms with E-state index < -0.39 is 12.0 Å². The van der Waals surface area contributed by atoms with Crippen LogP contribution in [0.25, 0.3) is 0 Å². The molecular weight excluding hydrogens is 282 g/mol. The van der Waals surface area contributed by atoms with Crippen molar-refractivity contribution in [1.82, 2.24) is 4.90 Å². The number of amides is 1. The van der Waals surface area contributed by atoms with E-state index in [1.165, 1.54) is 6.07 Å². The lowest BCUT2D eigenvalue weighted by Crippen LogP contribution is -2.46. The molecule has 22 heavy (non-hydrogen) atoms. The highest BCUT2D eigenvalue weighted by molar-refractivity contribution is 5.97. The summed E-state index contributed by atoms with van der Waals surface area (Å²) in [6, 6.07) is 4.06. The summed E-state index contributed by atoms with van der Waals surface area (Å²) in [6.45, 7) is 1.76. The summed E-state index contributed by atoms with van der Waals surface area (Å²) in [5.41, 5.74) is 1.06. The maximum atomic E-state index is 12.8. The molecular formula is C17H21NO4. The highest BCUT2D eigenvalue weighted by atomic mass is 16.4. The molecule has 1 aliphatic carbocycles. The lowest BCUT2D eigenvalue weighted by atomic mass is 9.84. The van der Waals surface area contributed by atoms with Crippen LogP contribution in [-0.2, 0) is 4.79 Å². The normalized spacial score (nSPS) is 27.5. The van der Waals surface area contributed by atoms with Gasteiger partial charge in [-0.2, -0.15) is 0 Å². The van der Waals surface area contributed by atoms with Crippen molar-refractivity contribution in [2.24, 2.45) is 5.92 Å². The van der Waals surface area contributed by atoms with Crippen molar-refractivity contribution in [3.63, 3.8) is 0 Å². The molecule has 5 heteroatoms. The zero-order valence-electron chi connectivity index (χ0n) is 12.7. The third-order valence-electron chi connectivity index (χ3n) is 5.06. The molecule has 3 rings (SSSR count). The van der Waals surface area contributed by atoms with E-state index in [9.17, 15) is 19.8 Å². The molecule has 0 aromatic heterocycles. The van der Waals surface area contributed by atoms with Gasteiger partial charge >= 0.3 is 5.97 Å². The van der Waals surface area contributed by atoms with Crippen LogP contribution >= 0.6 is 0 Å². The minimum Gasteiger partial charge on any atom is -0.508 e. The molecule has 1 aromatic rings. The van der Waals surface area contributed by atoms with Gasteiger partial charge in [-0.3, -0.25) is 4.79 Å². The van der Waals surface area contributed by atoms with E-state index in [-0.39, 0.29) is 23.6 Å². The molecule has 3 unspecified atom stereocenters. The van der Waals surface area contributed by atoms with Gasteiger partial charge < -0.3 is 15.1 Å². The molecule has 0 bridgehead atoms. The molecule has 2 N–H and O–H groups in total. The van der Waals surface area contributed by atoms with Gasteiger partial charge in [0.05, 0.1) is 0 Å². The largest absolute Gasteiger partial charge is 0.508 e. The van der Waals surface area contributed by atoms with Gasteiger partial charge in [-0.25, -0.2) is 4.79 Å². The highest BCUT2D eigenvalue weighted by Gasteiger charge is 2.47. The average molecular weight is 303 g/mol. The molecule has 0 radical (unpaired) electrons. The summed E-state index contributed by atoms with van der Waals surface area (Å²) in [5.74, 6) is -0.855. The second kappa shape index (κ2) is 5.63. The summed E-state index contributed by atoms with van der Waals surface area (Å²) in [5, 5.41) is 19.3. The summed E-state index contributed by atoms with van der Waals surface area (Å²) in [4.78, 5) is 26.0. The van der Waals surface area contributed by atoms with E-state index in [1.807, 2.05) is 0 Å². The van der Waals surface area contributed by atoms with Gasteiger partial charge in [0.1, 0.15) is 11.8 Å². The predicted molar refractivity (Wildman–Crippen MR) is 80.8 cm³/mol. The second-order valence-electron chi connectivity index (χ2n) is 6.42. The number of rotatable bonds is 2. The number of carbonyl (C=O) groups excluding carboxylic acids is 1. The van der Waals surface area contributed by atoms with Gasteiger partial charge in [-0.05, 0) is 49.8 Å². The Kier molecular flexibility index (Phi) is 3.81. The molecule has 0 spiro atoms. The number of benzene rings is 1. The van der Waals surface area contributed by atoms with Crippen LogP contribution < -0.4 is 0 Å². The molecule has 2 fully saturated rings. The van der Waals surface area contributed by atoms with E-state index in [2.05, 4.69) is 0 Å². The molecule has 1 saturated carbocycles. The van der Waals surface area contributed by atoms with Crippen LogP contribution in [0.1, 0.15) is 48.0 Å². The van der Waals surface area contributed by atoms with Crippen molar-refractivity contribution < 1.29 is 19.8 Å². The zero-order valence-corrected chi connectivity index (χ0v) is 12.7. The van der Waals surface area contributed by atoms with Crippen LogP contribution in [0.4, 0.5) is 0 Å². The quantitative estimate of drug-likeness (QED) is 0.880. The number of aryl methyl sites for hydroxylation is 1. The van der Waals surface area contributed by atoms with E-state index in [0.717, 1.165) is 25.7 Å². The molecule has 1 amide bonds. The zero-order chi connectivity index (χ0) is 15.9. The predicted octanol–water partition coefficient (Wildman–Crippen LogP) is 2.56. The van der Waals surface area contributed by atoms with Gasteiger partial charge in [0.15, 0.2) is 0 Å². The fourth-order valence-electron chi connectivity index (χ4n) is 3.86. The fourth-order valence-corrected chi connectivity index (χ4v) is 3.86. The summed E-state index contributed by atoms with van der Waals surface area (Å²) in [7, 11) is 0. The van der Waals surface area contributed by atoms with E-state index >= 15 is 0 Å². The lowest BCUT2D eigenvalue weighted by molar-refractivity contribution is -0.141. The van der Waals surface area contributed by atoms with E-state index in [0.29, 0.717) is 17.5 Å². The number of phenols is 1. The van der Waals surface area contributed by atoms with Crippen LogP contribution in [0, 0.1) is 12.8 Å². The smallest absolute Gasteiger partial charge is 0.326 e. The number of hydrogen-bond acceptors (Lipinski definition) is 3. The van der Waals surface area contributed by atoms with Gasteiger partial charge in [-0.15, -0.1) is 0 Å². The summed E-state index contributed by atoms with van der Waals surface area (Å²) in [6.07, 6.45) is 4.57. The molecule has 118 valence electrons. The topological polar surface area (TPSA) is 77.8 Å². The minimum atomic E-state index is -0.931. The molecule has 1 aliphatic heterocycles. The van der Waals surface area contributed by atoms with Crippen molar-refractivity contribution in [3.05, 3.63) is 29.3 Å². The number of phenolic OH excluding ortho intramolecular Hbond substituents is 1. The number of aliphatic carboxylic acids is 1. The SMILES string of the molecule is Cc1ccc(C(=O)N2C(C(=O)O)CC3CCCCC32)cc1O. The van der Waals surface area contributed by atoms with Crippen molar-refractivity contribution in [1.29, 1.82) is 0 Å². The highest BCUT2D eigenvalue weighted by Crippen LogP contribution is 2.40. The van der Waals surface area contributed by atoms with Gasteiger partial charge in [-0.1, -0.05) is 18.9 Å². The first-order valence-electron chi connectivity index (χ1n) is 7.84. The van der Waals surface area contributed by atoms with Crippen LogP contribution in [0.15, 0.2) is 18.2 Å². The number of hydrogen-bond donors (Lipinski definition) is 2. The number of fused-ring (bicyclic) bond motifs is 1. The number of carboxylic acids is 1. The molecule has 3 atom stereocenters. The lowest BCUT2D eigenvalue weighted by Gasteiger charge is -2.33. The summed E-state index contributed by atoms with van der Waals surface area (Å²) >= 11 is 0. The number of aromatic hydroxyl groups is 1. The third-order valence-corrected chi connectivity index (χ3v) is 5.06. The summed E-state index contributed by atoms with van der Waals surface area (Å²) < 4.78 is 0. The fraction of sp³-hybridized carbons (Fsp3) is 0.529. The third kappa shape index (κ3) is 2.45. The molecule has 1 heterocycles. The second-order valence-corrected chi connectivity index (χ2v) is 6.42. The molecule has 5 nitrogen and oxygen atoms in total. The minimum absolute atomic E-state index is 0.0193. The maximum absolute atomic E-state index is 12.8. The number of nitrogens with zero attached hydrogens (tertiary/aromatic N) is 1. The Labute approximate surface area is 129 Å². The van der Waals surface area contributed by atoms with Crippen LogP contribution in [0.5, 0.6) is 5.75 Å². The van der Waals surface area contributed by atoms with Crippen molar-refractivity contribution in [2.75, 3.05) is 0 Å². The first-order chi connectivity index (χ1) is 10.5. The maximum Gasteiger partial charge on any atom is 0.326 e. The van der Waals surface area contributed by atoms with E-state index in [1.54, 1.807) is 24.0 Å². The Bertz CT molecular complexity index is 613. The van der Waals surface area contributed by atoms with Crippen LogP contribution in [-0.4, -0.2) is 39.1 Å². The number of carboxylic acid groups (broad SMARTS) is 1. The van der Waals surface area contributed by atoms with Gasteiger partial charge in [0.2, 0.25) is 0 Å². The number of likely N-dealkylation sites (tertiary alicyclic amines) is 1. The van der Waals surface area contributed by atoms with Crippen LogP contribution in [0.2, 0.25) is 0 Å². The van der Waals surface area contributed by atoms with Crippen molar-refractivity contribution in [2.45, 2.75) is 51.1 Å². The van der Waals surface area contributed by atoms with Crippen molar-refractivity contribution >= 4 is 11.9 Å². The Morgan fingerprint density at radius 2 is 1.95 bits per heavy atom. The first-order valence-corrected chi connectivity index (χ1v) is 7.84. The first kappa shape index (κ1) is 14.9. The Balaban J connectivity index is 1.93. The monoisotopic (exact) mass is 303 g/mol. The van der Waals surface area contributed by atoms with E-state index in [4.69, 9.17) is 0 Å². The molecule has 1 saturated heterocycles. The van der Waals surface area contributed by atoms with Gasteiger partial charge in [0.25, 0.3) is 5.91 Å². The Hall–Kier alpha value is -2.04. The Morgan fingerprint density at radius 3 is 2.64 bits per heavy atom.